The van der Waals surface area contributed by atoms with Gasteiger partial charge < -0.3 is 4.90 Å². The van der Waals surface area contributed by atoms with E-state index in [-0.39, 0.29) is 0 Å². The maximum Gasteiger partial charge on any atom is 0.0431 e. The third kappa shape index (κ3) is 1.55. The first kappa shape index (κ1) is 9.95. The summed E-state index contributed by atoms with van der Waals surface area (Å²) in [4.78, 5) is 2.59. The molecule has 0 radical (unpaired) electrons. The summed E-state index contributed by atoms with van der Waals surface area (Å²) >= 11 is 0. The molecule has 3 rings (SSSR count). The van der Waals surface area contributed by atoms with E-state index in [4.69, 9.17) is 0 Å². The predicted octanol–water partition coefficient (Wildman–Crippen LogP) is 3.42. The van der Waals surface area contributed by atoms with E-state index in [0.29, 0.717) is 0 Å². The van der Waals surface area contributed by atoms with Gasteiger partial charge in [0.15, 0.2) is 0 Å². The van der Waals surface area contributed by atoms with Crippen LogP contribution in [-0.4, -0.2) is 13.1 Å². The molecule has 0 aromatic heterocycles. The molecule has 0 spiro atoms. The van der Waals surface area contributed by atoms with Gasteiger partial charge in [0.1, 0.15) is 0 Å². The van der Waals surface area contributed by atoms with E-state index in [2.05, 4.69) is 36.1 Å². The largest absolute Gasteiger partial charge is 0.371 e. The van der Waals surface area contributed by atoms with Crippen LogP contribution in [0.1, 0.15) is 36.5 Å². The molecule has 0 atom stereocenters. The Morgan fingerprint density at radius 3 is 2.25 bits per heavy atom. The first-order valence-corrected chi connectivity index (χ1v) is 6.42. The predicted molar refractivity (Wildman–Crippen MR) is 70.0 cm³/mol. The topological polar surface area (TPSA) is 3.24 Å². The lowest BCUT2D eigenvalue weighted by Gasteiger charge is -2.37. The molecule has 0 bridgehead atoms. The summed E-state index contributed by atoms with van der Waals surface area (Å²) < 4.78 is 0. The van der Waals surface area contributed by atoms with Gasteiger partial charge in [0.2, 0.25) is 0 Å². The van der Waals surface area contributed by atoms with Crippen LogP contribution >= 0.6 is 0 Å². The minimum absolute atomic E-state index is 1.27. The minimum Gasteiger partial charge on any atom is -0.371 e. The quantitative estimate of drug-likeness (QED) is 0.691. The van der Waals surface area contributed by atoms with Crippen molar-refractivity contribution in [3.05, 3.63) is 34.9 Å². The van der Waals surface area contributed by atoms with E-state index in [1.165, 1.54) is 44.3 Å². The molecule has 0 saturated heterocycles. The lowest BCUT2D eigenvalue weighted by Crippen LogP contribution is -2.34. The van der Waals surface area contributed by atoms with E-state index in [1.807, 2.05) is 0 Å². The van der Waals surface area contributed by atoms with Gasteiger partial charge >= 0.3 is 0 Å². The number of benzene rings is 1. The molecule has 2 heterocycles. The second kappa shape index (κ2) is 3.97. The lowest BCUT2D eigenvalue weighted by atomic mass is 9.90. The third-order valence-electron chi connectivity index (χ3n) is 3.71. The number of aryl methyl sites for hydroxylation is 2. The van der Waals surface area contributed by atoms with Crippen LogP contribution in [0.15, 0.2) is 18.2 Å². The molecule has 0 aliphatic carbocycles. The Kier molecular flexibility index (Phi) is 2.47. The second-order valence-electron chi connectivity index (χ2n) is 4.88. The van der Waals surface area contributed by atoms with Crippen molar-refractivity contribution in [2.45, 2.75) is 32.6 Å². The summed E-state index contributed by atoms with van der Waals surface area (Å²) in [6, 6.07) is 4.77. The monoisotopic (exact) mass is 213 g/mol. The van der Waals surface area contributed by atoms with Crippen LogP contribution in [0.25, 0.3) is 6.08 Å². The molecule has 84 valence electrons. The van der Waals surface area contributed by atoms with Crippen LogP contribution in [0.2, 0.25) is 0 Å². The maximum atomic E-state index is 2.59. The summed E-state index contributed by atoms with van der Waals surface area (Å²) in [5.74, 6) is 0. The van der Waals surface area contributed by atoms with Gasteiger partial charge in [0.05, 0.1) is 0 Å². The van der Waals surface area contributed by atoms with Crippen LogP contribution in [0, 0.1) is 0 Å². The van der Waals surface area contributed by atoms with Crippen molar-refractivity contribution in [2.75, 3.05) is 18.0 Å². The molecular weight excluding hydrogens is 194 g/mol. The Balaban J connectivity index is 2.13. The Labute approximate surface area is 97.8 Å². The van der Waals surface area contributed by atoms with Gasteiger partial charge in [-0.3, -0.25) is 0 Å². The number of nitrogens with zero attached hydrogens (tertiary/aromatic N) is 1. The fourth-order valence-electron chi connectivity index (χ4n) is 3.12. The van der Waals surface area contributed by atoms with Crippen molar-refractivity contribution in [1.82, 2.24) is 0 Å². The summed E-state index contributed by atoms with van der Waals surface area (Å²) in [6.07, 6.45) is 9.55. The molecular formula is C15H19N. The zero-order valence-electron chi connectivity index (χ0n) is 10.00. The maximum absolute atomic E-state index is 2.59. The molecule has 0 unspecified atom stereocenters. The van der Waals surface area contributed by atoms with Gasteiger partial charge in [-0.25, -0.2) is 0 Å². The highest BCUT2D eigenvalue weighted by Crippen LogP contribution is 2.36. The molecule has 0 saturated carbocycles. The van der Waals surface area contributed by atoms with E-state index in [9.17, 15) is 0 Å². The van der Waals surface area contributed by atoms with Crippen molar-refractivity contribution in [3.63, 3.8) is 0 Å². The molecule has 0 amide bonds. The molecule has 0 N–H and O–H groups in total. The molecule has 2 aliphatic heterocycles. The van der Waals surface area contributed by atoms with Gasteiger partial charge in [-0.05, 0) is 61.4 Å². The Morgan fingerprint density at radius 1 is 1.06 bits per heavy atom. The number of anilines is 1. The molecule has 1 nitrogen and oxygen atoms in total. The normalized spacial score (nSPS) is 18.9. The number of rotatable bonds is 1. The Bertz CT molecular complexity index is 400. The van der Waals surface area contributed by atoms with Crippen LogP contribution < -0.4 is 4.90 Å². The Hall–Kier alpha value is -1.24. The van der Waals surface area contributed by atoms with Gasteiger partial charge in [0, 0.05) is 18.8 Å². The highest BCUT2D eigenvalue weighted by atomic mass is 15.1. The number of allylic oxidation sites excluding steroid dienone is 1. The first-order chi connectivity index (χ1) is 7.88. The highest BCUT2D eigenvalue weighted by molar-refractivity contribution is 5.67. The van der Waals surface area contributed by atoms with Crippen LogP contribution in [0.5, 0.6) is 0 Å². The Morgan fingerprint density at radius 2 is 1.69 bits per heavy atom. The van der Waals surface area contributed by atoms with Gasteiger partial charge in [-0.15, -0.1) is 0 Å². The van der Waals surface area contributed by atoms with E-state index in [1.54, 1.807) is 16.8 Å². The van der Waals surface area contributed by atoms with Crippen molar-refractivity contribution in [2.24, 2.45) is 0 Å². The smallest absolute Gasteiger partial charge is 0.0431 e. The zero-order valence-corrected chi connectivity index (χ0v) is 10.00. The lowest BCUT2D eigenvalue weighted by molar-refractivity contribution is 0.634. The summed E-state index contributed by atoms with van der Waals surface area (Å²) in [5, 5.41) is 0. The molecule has 1 aromatic carbocycles. The van der Waals surface area contributed by atoms with Crippen molar-refractivity contribution >= 4 is 11.8 Å². The van der Waals surface area contributed by atoms with Gasteiger partial charge in [-0.1, -0.05) is 12.2 Å². The van der Waals surface area contributed by atoms with E-state index >= 15 is 0 Å². The second-order valence-corrected chi connectivity index (χ2v) is 4.88. The number of hydrogen-bond donors (Lipinski definition) is 0. The summed E-state index contributed by atoms with van der Waals surface area (Å²) in [6.45, 7) is 4.63. The van der Waals surface area contributed by atoms with Crippen molar-refractivity contribution in [3.8, 4) is 0 Å². The molecule has 16 heavy (non-hydrogen) atoms. The summed E-state index contributed by atoms with van der Waals surface area (Å²) in [7, 11) is 0. The highest BCUT2D eigenvalue weighted by Gasteiger charge is 2.23. The molecule has 0 fully saturated rings. The number of hydrogen-bond acceptors (Lipinski definition) is 1. The minimum atomic E-state index is 1.27. The molecule has 2 aliphatic rings. The van der Waals surface area contributed by atoms with E-state index < -0.39 is 0 Å². The molecule has 1 heteroatoms. The average molecular weight is 213 g/mol. The zero-order chi connectivity index (χ0) is 11.0. The fraction of sp³-hybridized carbons (Fsp3) is 0.467. The third-order valence-corrected chi connectivity index (χ3v) is 3.71. The van der Waals surface area contributed by atoms with Crippen LogP contribution in [-0.2, 0) is 12.8 Å². The van der Waals surface area contributed by atoms with Gasteiger partial charge in [0.25, 0.3) is 0 Å². The standard InChI is InChI=1S/C15H19N/c1-2-5-12-10-13-6-3-8-16-9-4-7-14(11-12)15(13)16/h2,5,10-11H,3-4,6-9H2,1H3. The SMILES string of the molecule is CC=Cc1cc2c3c(c1)CCCN3CCC2. The fourth-order valence-corrected chi connectivity index (χ4v) is 3.12. The molecule has 1 aromatic rings. The van der Waals surface area contributed by atoms with Crippen molar-refractivity contribution < 1.29 is 0 Å². The summed E-state index contributed by atoms with van der Waals surface area (Å²) in [5.41, 5.74) is 6.12. The van der Waals surface area contributed by atoms with Crippen LogP contribution in [0.3, 0.4) is 0 Å². The van der Waals surface area contributed by atoms with E-state index in [0.717, 1.165) is 0 Å². The van der Waals surface area contributed by atoms with Crippen LogP contribution in [0.4, 0.5) is 5.69 Å². The van der Waals surface area contributed by atoms with Gasteiger partial charge in [-0.2, -0.15) is 0 Å². The average Bonchev–Trinajstić information content (AvgIpc) is 2.30. The first-order valence-electron chi connectivity index (χ1n) is 6.42. The van der Waals surface area contributed by atoms with Crippen molar-refractivity contribution in [1.29, 1.82) is 0 Å².